The van der Waals surface area contributed by atoms with E-state index in [-0.39, 0.29) is 5.41 Å². The summed E-state index contributed by atoms with van der Waals surface area (Å²) in [5, 5.41) is 10.1. The summed E-state index contributed by atoms with van der Waals surface area (Å²) in [5.41, 5.74) is -0.223. The number of hydrogen-bond acceptors (Lipinski definition) is 2. The van der Waals surface area contributed by atoms with Gasteiger partial charge in [0.15, 0.2) is 0 Å². The largest absolute Gasteiger partial charge is 0.390 e. The molecule has 1 N–H and O–H groups in total. The van der Waals surface area contributed by atoms with Crippen molar-refractivity contribution in [3.63, 3.8) is 0 Å². The van der Waals surface area contributed by atoms with Crippen LogP contribution in [0, 0.1) is 16.7 Å². The third-order valence-corrected chi connectivity index (χ3v) is 5.69. The van der Waals surface area contributed by atoms with E-state index in [0.29, 0.717) is 17.1 Å². The second kappa shape index (κ2) is 2.90. The maximum Gasteiger partial charge on any atom is 0.139 e. The van der Waals surface area contributed by atoms with Crippen molar-refractivity contribution in [2.45, 2.75) is 64.4 Å². The Balaban J connectivity index is 1.86. The number of carbonyl (C=O) groups excluding carboxylic acids is 1. The van der Waals surface area contributed by atoms with Crippen LogP contribution < -0.4 is 0 Å². The lowest BCUT2D eigenvalue weighted by molar-refractivity contribution is -0.131. The van der Waals surface area contributed by atoms with Crippen molar-refractivity contribution in [1.82, 2.24) is 0 Å². The van der Waals surface area contributed by atoms with Crippen molar-refractivity contribution in [3.05, 3.63) is 0 Å². The van der Waals surface area contributed by atoms with Crippen LogP contribution in [0.15, 0.2) is 0 Å². The first-order chi connectivity index (χ1) is 7.40. The molecule has 0 aromatic carbocycles. The van der Waals surface area contributed by atoms with Gasteiger partial charge < -0.3 is 5.11 Å². The zero-order valence-electron chi connectivity index (χ0n) is 10.4. The Kier molecular flexibility index (Phi) is 1.95. The van der Waals surface area contributed by atoms with Crippen molar-refractivity contribution >= 4 is 5.78 Å². The summed E-state index contributed by atoms with van der Waals surface area (Å²) in [6, 6.07) is 0. The van der Waals surface area contributed by atoms with Crippen LogP contribution >= 0.6 is 0 Å². The van der Waals surface area contributed by atoms with Crippen molar-refractivity contribution < 1.29 is 9.90 Å². The SMILES string of the molecule is CC(C)(O)C1CCC23CCCC(=O)C2(C1)C3. The molecule has 0 aromatic rings. The van der Waals surface area contributed by atoms with Crippen molar-refractivity contribution in [2.75, 3.05) is 0 Å². The van der Waals surface area contributed by atoms with Crippen LogP contribution in [0.25, 0.3) is 0 Å². The van der Waals surface area contributed by atoms with Crippen molar-refractivity contribution in [1.29, 1.82) is 0 Å². The normalized spacial score (nSPS) is 47.2. The van der Waals surface area contributed by atoms with Crippen LogP contribution in [-0.2, 0) is 4.79 Å². The Morgan fingerprint density at radius 2 is 2.12 bits per heavy atom. The topological polar surface area (TPSA) is 37.3 Å². The van der Waals surface area contributed by atoms with E-state index in [9.17, 15) is 9.90 Å². The fourth-order valence-corrected chi connectivity index (χ4v) is 4.51. The summed E-state index contributed by atoms with van der Waals surface area (Å²) in [5.74, 6) is 0.831. The molecule has 0 aromatic heterocycles. The van der Waals surface area contributed by atoms with Crippen LogP contribution in [-0.4, -0.2) is 16.5 Å². The van der Waals surface area contributed by atoms with E-state index in [4.69, 9.17) is 0 Å². The lowest BCUT2D eigenvalue weighted by atomic mass is 9.64. The van der Waals surface area contributed by atoms with Crippen LogP contribution in [0.3, 0.4) is 0 Å². The van der Waals surface area contributed by atoms with Gasteiger partial charge in [0.05, 0.1) is 5.60 Å². The minimum Gasteiger partial charge on any atom is -0.390 e. The molecule has 0 radical (unpaired) electrons. The molecule has 0 aliphatic heterocycles. The van der Waals surface area contributed by atoms with E-state index in [1.165, 1.54) is 12.8 Å². The molecule has 3 rings (SSSR count). The molecular formula is C14H22O2. The lowest BCUT2D eigenvalue weighted by Gasteiger charge is -2.41. The highest BCUT2D eigenvalue weighted by molar-refractivity contribution is 5.90. The molecule has 0 amide bonds. The number of carbonyl (C=O) groups is 1. The summed E-state index contributed by atoms with van der Waals surface area (Å²) < 4.78 is 0. The summed E-state index contributed by atoms with van der Waals surface area (Å²) in [6.45, 7) is 3.80. The fraction of sp³-hybridized carbons (Fsp3) is 0.929. The molecule has 3 unspecified atom stereocenters. The highest BCUT2D eigenvalue weighted by Crippen LogP contribution is 2.77. The average Bonchev–Trinajstić information content (AvgIpc) is 2.86. The van der Waals surface area contributed by atoms with E-state index in [2.05, 4.69) is 0 Å². The van der Waals surface area contributed by atoms with Crippen LogP contribution in [0.5, 0.6) is 0 Å². The third-order valence-electron chi connectivity index (χ3n) is 5.69. The molecular weight excluding hydrogens is 200 g/mol. The van der Waals surface area contributed by atoms with Gasteiger partial charge in [-0.1, -0.05) is 0 Å². The standard InChI is InChI=1S/C14H22O2/c1-12(2,16)10-5-7-13-6-3-4-11(15)14(13,8-10)9-13/h10,16H,3-9H2,1-2H3. The summed E-state index contributed by atoms with van der Waals surface area (Å²) in [7, 11) is 0. The molecule has 0 heterocycles. The molecule has 90 valence electrons. The zero-order chi connectivity index (χ0) is 11.6. The smallest absolute Gasteiger partial charge is 0.139 e. The van der Waals surface area contributed by atoms with E-state index in [1.54, 1.807) is 0 Å². The highest BCUT2D eigenvalue weighted by atomic mass is 16.3. The van der Waals surface area contributed by atoms with Gasteiger partial charge in [-0.15, -0.1) is 0 Å². The second-order valence-electron chi connectivity index (χ2n) is 6.91. The number of Topliss-reactive ketones (excluding diaryl/α,β-unsaturated/α-hetero) is 1. The fourth-order valence-electron chi connectivity index (χ4n) is 4.51. The summed E-state index contributed by atoms with van der Waals surface area (Å²) in [6.07, 6.45) is 7.53. The predicted molar refractivity (Wildman–Crippen MR) is 62.0 cm³/mol. The van der Waals surface area contributed by atoms with Gasteiger partial charge in [-0.05, 0) is 63.7 Å². The molecule has 0 spiro atoms. The van der Waals surface area contributed by atoms with Gasteiger partial charge >= 0.3 is 0 Å². The molecule has 2 heteroatoms. The Morgan fingerprint density at radius 3 is 2.81 bits per heavy atom. The molecule has 3 aliphatic carbocycles. The van der Waals surface area contributed by atoms with E-state index in [1.807, 2.05) is 13.8 Å². The molecule has 16 heavy (non-hydrogen) atoms. The minimum atomic E-state index is -0.610. The van der Waals surface area contributed by atoms with Gasteiger partial charge in [-0.25, -0.2) is 0 Å². The van der Waals surface area contributed by atoms with Gasteiger partial charge in [0.25, 0.3) is 0 Å². The van der Waals surface area contributed by atoms with Crippen LogP contribution in [0.2, 0.25) is 0 Å². The number of rotatable bonds is 1. The quantitative estimate of drug-likeness (QED) is 0.740. The Labute approximate surface area is 97.4 Å². The highest BCUT2D eigenvalue weighted by Gasteiger charge is 2.73. The second-order valence-corrected chi connectivity index (χ2v) is 6.91. The molecule has 3 aliphatic rings. The summed E-state index contributed by atoms with van der Waals surface area (Å²) in [4.78, 5) is 12.2. The number of hydrogen-bond donors (Lipinski definition) is 1. The van der Waals surface area contributed by atoms with Gasteiger partial charge in [-0.2, -0.15) is 0 Å². The van der Waals surface area contributed by atoms with E-state index >= 15 is 0 Å². The maximum absolute atomic E-state index is 12.2. The van der Waals surface area contributed by atoms with E-state index in [0.717, 1.165) is 32.1 Å². The van der Waals surface area contributed by atoms with Crippen LogP contribution in [0.4, 0.5) is 0 Å². The maximum atomic E-state index is 12.2. The molecule has 2 nitrogen and oxygen atoms in total. The van der Waals surface area contributed by atoms with Gasteiger partial charge in [0.1, 0.15) is 5.78 Å². The first kappa shape index (κ1) is 10.8. The Morgan fingerprint density at radius 1 is 1.38 bits per heavy atom. The molecule has 3 atom stereocenters. The molecule has 0 bridgehead atoms. The Hall–Kier alpha value is -0.370. The lowest BCUT2D eigenvalue weighted by Crippen LogP contribution is -2.41. The van der Waals surface area contributed by atoms with Gasteiger partial charge in [0, 0.05) is 11.8 Å². The van der Waals surface area contributed by atoms with Gasteiger partial charge in [-0.3, -0.25) is 4.79 Å². The zero-order valence-corrected chi connectivity index (χ0v) is 10.4. The average molecular weight is 222 g/mol. The first-order valence-electron chi connectivity index (χ1n) is 6.65. The molecule has 0 saturated heterocycles. The van der Waals surface area contributed by atoms with E-state index < -0.39 is 5.60 Å². The monoisotopic (exact) mass is 222 g/mol. The first-order valence-corrected chi connectivity index (χ1v) is 6.65. The molecule has 3 saturated carbocycles. The molecule has 3 fully saturated rings. The van der Waals surface area contributed by atoms with Crippen LogP contribution in [0.1, 0.15) is 58.8 Å². The van der Waals surface area contributed by atoms with Crippen molar-refractivity contribution in [3.8, 4) is 0 Å². The number of ketones is 1. The van der Waals surface area contributed by atoms with Gasteiger partial charge in [0.2, 0.25) is 0 Å². The summed E-state index contributed by atoms with van der Waals surface area (Å²) >= 11 is 0. The predicted octanol–water partition coefficient (Wildman–Crippen LogP) is 2.69. The minimum absolute atomic E-state index is 0.00810. The third kappa shape index (κ3) is 1.20. The number of aliphatic hydroxyl groups is 1. The van der Waals surface area contributed by atoms with Crippen molar-refractivity contribution in [2.24, 2.45) is 16.7 Å². The Bertz CT molecular complexity index is 341.